The highest BCUT2D eigenvalue weighted by molar-refractivity contribution is 14.1. The van der Waals surface area contributed by atoms with Gasteiger partial charge in [-0.1, -0.05) is 6.07 Å². The van der Waals surface area contributed by atoms with Gasteiger partial charge in [0.05, 0.1) is 5.38 Å². The summed E-state index contributed by atoms with van der Waals surface area (Å²) in [4.78, 5) is 2.27. The van der Waals surface area contributed by atoms with Crippen LogP contribution in [-0.4, -0.2) is 0 Å². The Hall–Kier alpha value is 0.350. The zero-order valence-corrected chi connectivity index (χ0v) is 14.1. The van der Waals surface area contributed by atoms with E-state index in [1.807, 2.05) is 13.0 Å². The van der Waals surface area contributed by atoms with Crippen LogP contribution in [0.4, 0.5) is 4.39 Å². The smallest absolute Gasteiger partial charge is 0.124 e. The topological polar surface area (TPSA) is 0 Å². The molecular weight excluding hydrogens is 437 g/mol. The van der Waals surface area contributed by atoms with E-state index in [9.17, 15) is 4.39 Å². The first-order valence-electron chi connectivity index (χ1n) is 4.84. The predicted molar refractivity (Wildman–Crippen MR) is 83.6 cm³/mol. The fourth-order valence-corrected chi connectivity index (χ4v) is 4.95. The summed E-state index contributed by atoms with van der Waals surface area (Å²) in [5.41, 5.74) is 0.941. The van der Waals surface area contributed by atoms with Crippen LogP contribution in [0, 0.1) is 16.3 Å². The van der Waals surface area contributed by atoms with Crippen molar-refractivity contribution in [2.24, 2.45) is 0 Å². The Morgan fingerprint density at radius 2 is 2.12 bits per heavy atom. The van der Waals surface area contributed by atoms with E-state index in [0.29, 0.717) is 0 Å². The molecule has 17 heavy (non-hydrogen) atoms. The SMILES string of the molecule is Cc1cc(Br)c(C(Cl)c2ccc(F)cc2I)s1. The molecule has 1 aromatic carbocycles. The molecule has 0 aliphatic carbocycles. The van der Waals surface area contributed by atoms with Gasteiger partial charge in [-0.2, -0.15) is 0 Å². The van der Waals surface area contributed by atoms with Gasteiger partial charge in [-0.25, -0.2) is 4.39 Å². The highest BCUT2D eigenvalue weighted by atomic mass is 127. The van der Waals surface area contributed by atoms with Crippen LogP contribution < -0.4 is 0 Å². The van der Waals surface area contributed by atoms with Crippen molar-refractivity contribution in [1.82, 2.24) is 0 Å². The predicted octanol–water partition coefficient (Wildman–Crippen LogP) is 5.89. The van der Waals surface area contributed by atoms with Crippen molar-refractivity contribution in [3.8, 4) is 0 Å². The molecule has 1 unspecified atom stereocenters. The Balaban J connectivity index is 2.43. The zero-order chi connectivity index (χ0) is 12.6. The van der Waals surface area contributed by atoms with Crippen molar-refractivity contribution in [2.45, 2.75) is 12.3 Å². The minimum atomic E-state index is -0.240. The fourth-order valence-electron chi connectivity index (χ4n) is 1.52. The molecule has 0 spiro atoms. The van der Waals surface area contributed by atoms with Crippen LogP contribution in [0.3, 0.4) is 0 Å². The molecule has 0 amide bonds. The molecule has 2 aromatic rings. The number of benzene rings is 1. The van der Waals surface area contributed by atoms with Crippen LogP contribution in [0.1, 0.15) is 20.7 Å². The molecule has 0 saturated heterocycles. The number of aryl methyl sites for hydroxylation is 1. The Labute approximate surface area is 130 Å². The Bertz CT molecular complexity index is 555. The molecule has 1 aromatic heterocycles. The minimum absolute atomic E-state index is 0.233. The molecule has 0 saturated carbocycles. The first-order valence-corrected chi connectivity index (χ1v) is 7.96. The molecule has 5 heteroatoms. The normalized spacial score (nSPS) is 12.8. The number of alkyl halides is 1. The number of hydrogen-bond acceptors (Lipinski definition) is 1. The second-order valence-corrected chi connectivity index (χ2v) is 7.34. The molecule has 0 N–H and O–H groups in total. The quantitative estimate of drug-likeness (QED) is 0.399. The molecule has 90 valence electrons. The van der Waals surface area contributed by atoms with Crippen LogP contribution >= 0.6 is 61.5 Å². The van der Waals surface area contributed by atoms with E-state index in [2.05, 4.69) is 38.5 Å². The van der Waals surface area contributed by atoms with Gasteiger partial charge in [0.1, 0.15) is 5.82 Å². The van der Waals surface area contributed by atoms with E-state index in [0.717, 1.165) is 18.5 Å². The molecule has 0 aliphatic heterocycles. The van der Waals surface area contributed by atoms with Gasteiger partial charge in [0.15, 0.2) is 0 Å². The van der Waals surface area contributed by atoms with Gasteiger partial charge in [0, 0.05) is 17.8 Å². The third-order valence-electron chi connectivity index (χ3n) is 2.30. The molecule has 2 rings (SSSR count). The molecule has 0 nitrogen and oxygen atoms in total. The Morgan fingerprint density at radius 1 is 1.41 bits per heavy atom. The van der Waals surface area contributed by atoms with Crippen molar-refractivity contribution in [2.75, 3.05) is 0 Å². The molecule has 0 bridgehead atoms. The lowest BCUT2D eigenvalue weighted by atomic mass is 10.1. The highest BCUT2D eigenvalue weighted by Crippen LogP contribution is 2.40. The lowest BCUT2D eigenvalue weighted by Crippen LogP contribution is -1.95. The second-order valence-electron chi connectivity index (χ2n) is 3.60. The monoisotopic (exact) mass is 444 g/mol. The van der Waals surface area contributed by atoms with Crippen molar-refractivity contribution in [3.05, 3.63) is 53.4 Å². The standard InChI is InChI=1S/C12H8BrClFIS/c1-6-4-9(13)12(17-6)11(14)8-3-2-7(15)5-10(8)16/h2-5,11H,1H3. The van der Waals surface area contributed by atoms with Crippen LogP contribution in [-0.2, 0) is 0 Å². The second kappa shape index (κ2) is 5.55. The number of hydrogen-bond donors (Lipinski definition) is 0. The summed E-state index contributed by atoms with van der Waals surface area (Å²) in [6.07, 6.45) is 0. The lowest BCUT2D eigenvalue weighted by molar-refractivity contribution is 0.626. The molecule has 0 fully saturated rings. The third kappa shape index (κ3) is 3.03. The van der Waals surface area contributed by atoms with E-state index in [4.69, 9.17) is 11.6 Å². The van der Waals surface area contributed by atoms with Gasteiger partial charge in [0.25, 0.3) is 0 Å². The Morgan fingerprint density at radius 3 is 2.65 bits per heavy atom. The molecule has 0 aliphatic rings. The average Bonchev–Trinajstić information content (AvgIpc) is 2.57. The van der Waals surface area contributed by atoms with Crippen LogP contribution in [0.15, 0.2) is 28.7 Å². The maximum absolute atomic E-state index is 13.0. The van der Waals surface area contributed by atoms with E-state index >= 15 is 0 Å². The van der Waals surface area contributed by atoms with Gasteiger partial charge < -0.3 is 0 Å². The van der Waals surface area contributed by atoms with Crippen LogP contribution in [0.5, 0.6) is 0 Å². The summed E-state index contributed by atoms with van der Waals surface area (Å²) >= 11 is 13.7. The van der Waals surface area contributed by atoms with Crippen molar-refractivity contribution < 1.29 is 4.39 Å². The van der Waals surface area contributed by atoms with E-state index in [1.165, 1.54) is 17.0 Å². The molecule has 1 heterocycles. The lowest BCUT2D eigenvalue weighted by Gasteiger charge is -2.11. The highest BCUT2D eigenvalue weighted by Gasteiger charge is 2.19. The third-order valence-corrected chi connectivity index (χ3v) is 5.85. The molecule has 0 radical (unpaired) electrons. The summed E-state index contributed by atoms with van der Waals surface area (Å²) in [6.45, 7) is 2.04. The van der Waals surface area contributed by atoms with Crippen molar-refractivity contribution >= 4 is 61.5 Å². The number of rotatable bonds is 2. The summed E-state index contributed by atoms with van der Waals surface area (Å²) in [5.74, 6) is -0.233. The van der Waals surface area contributed by atoms with E-state index < -0.39 is 0 Å². The largest absolute Gasteiger partial charge is 0.207 e. The van der Waals surface area contributed by atoms with E-state index in [-0.39, 0.29) is 11.2 Å². The van der Waals surface area contributed by atoms with Crippen LogP contribution in [0.2, 0.25) is 0 Å². The summed E-state index contributed by atoms with van der Waals surface area (Å²) in [7, 11) is 0. The number of halogens is 4. The molecular formula is C12H8BrClFIS. The first-order chi connectivity index (χ1) is 7.99. The Kier molecular flexibility index (Phi) is 4.50. The first kappa shape index (κ1) is 13.8. The fraction of sp³-hybridized carbons (Fsp3) is 0.167. The average molecular weight is 446 g/mol. The maximum atomic E-state index is 13.0. The van der Waals surface area contributed by atoms with Gasteiger partial charge in [-0.05, 0) is 69.2 Å². The van der Waals surface area contributed by atoms with Gasteiger partial charge >= 0.3 is 0 Å². The van der Waals surface area contributed by atoms with Crippen molar-refractivity contribution in [3.63, 3.8) is 0 Å². The van der Waals surface area contributed by atoms with Gasteiger partial charge in [0.2, 0.25) is 0 Å². The minimum Gasteiger partial charge on any atom is -0.207 e. The summed E-state index contributed by atoms with van der Waals surface area (Å²) in [6, 6.07) is 6.74. The maximum Gasteiger partial charge on any atom is 0.124 e. The zero-order valence-electron chi connectivity index (χ0n) is 8.81. The summed E-state index contributed by atoms with van der Waals surface area (Å²) < 4.78 is 14.9. The van der Waals surface area contributed by atoms with Crippen molar-refractivity contribution in [1.29, 1.82) is 0 Å². The summed E-state index contributed by atoms with van der Waals surface area (Å²) in [5, 5.41) is -0.240. The number of thiophene rings is 1. The molecule has 1 atom stereocenters. The van der Waals surface area contributed by atoms with Gasteiger partial charge in [-0.15, -0.1) is 22.9 Å². The van der Waals surface area contributed by atoms with E-state index in [1.54, 1.807) is 17.4 Å². The van der Waals surface area contributed by atoms with Gasteiger partial charge in [-0.3, -0.25) is 0 Å². The van der Waals surface area contributed by atoms with Crippen LogP contribution in [0.25, 0.3) is 0 Å².